The second-order valence-corrected chi connectivity index (χ2v) is 26.1. The first-order valence-electron chi connectivity index (χ1n) is 16.7. The second-order valence-electron chi connectivity index (χ2n) is 13.1. The molecule has 3 aliphatic rings. The molecule has 3 fully saturated rings. The molecular formula is C32H51F2N5O3Sn. The third-order valence-corrected chi connectivity index (χ3v) is 25.0. The van der Waals surface area contributed by atoms with E-state index in [4.69, 9.17) is 24.4 Å². The van der Waals surface area contributed by atoms with Crippen LogP contribution in [0.3, 0.4) is 0 Å². The molecule has 3 saturated heterocycles. The average molecular weight is 710 g/mol. The van der Waals surface area contributed by atoms with Gasteiger partial charge in [0.2, 0.25) is 0 Å². The molecule has 0 spiro atoms. The zero-order valence-corrected chi connectivity index (χ0v) is 29.3. The van der Waals surface area contributed by atoms with E-state index in [1.807, 2.05) is 4.90 Å². The Balaban J connectivity index is 1.59. The van der Waals surface area contributed by atoms with Gasteiger partial charge in [-0.25, -0.2) is 0 Å². The fourth-order valence-electron chi connectivity index (χ4n) is 7.61. The number of pyridine rings is 1. The van der Waals surface area contributed by atoms with Gasteiger partial charge >= 0.3 is 261 Å². The Morgan fingerprint density at radius 3 is 2.49 bits per heavy atom. The molecule has 1 N–H and O–H groups in total. The standard InChI is InChI=1S/C20H24F2N5O3.3C4H9.Sn/c21-13-6-20(2-1-3-27(20)9-13)12-30-19-24-17-15(7-23-8-16(17)22)18(25-19)26-4-5-29-11-14(28)10-26;3*1-3-4-2;/h7,13-14,28H,1-6,9-12H2;3*1,3-4H2,2H3;/t13-,14?,20+;;;;/m1..../s1. The Kier molecular flexibility index (Phi) is 11.4. The normalized spacial score (nSPS) is 24.9. The fourth-order valence-corrected chi connectivity index (χ4v) is 23.2. The summed E-state index contributed by atoms with van der Waals surface area (Å²) in [6, 6.07) is 0.109. The summed E-state index contributed by atoms with van der Waals surface area (Å²) in [4.78, 5) is 18.6. The molecule has 1 unspecified atom stereocenters. The zero-order valence-electron chi connectivity index (χ0n) is 26.4. The van der Waals surface area contributed by atoms with Crippen LogP contribution in [-0.4, -0.2) is 107 Å². The van der Waals surface area contributed by atoms with E-state index in [1.165, 1.54) is 0 Å². The molecule has 3 atom stereocenters. The first kappa shape index (κ1) is 33.0. The van der Waals surface area contributed by atoms with Gasteiger partial charge in [0.1, 0.15) is 0 Å². The van der Waals surface area contributed by atoms with Crippen LogP contribution in [0.1, 0.15) is 78.6 Å². The van der Waals surface area contributed by atoms with Gasteiger partial charge in [0, 0.05) is 0 Å². The summed E-state index contributed by atoms with van der Waals surface area (Å²) in [6.07, 6.45) is 9.13. The van der Waals surface area contributed by atoms with Gasteiger partial charge in [-0.15, -0.1) is 0 Å². The van der Waals surface area contributed by atoms with E-state index in [1.54, 1.807) is 6.20 Å². The van der Waals surface area contributed by atoms with Crippen molar-refractivity contribution in [3.8, 4) is 6.01 Å². The van der Waals surface area contributed by atoms with Crippen LogP contribution in [0, 0.1) is 5.82 Å². The molecule has 2 aromatic rings. The molecule has 0 radical (unpaired) electrons. The topological polar surface area (TPSA) is 83.8 Å². The predicted octanol–water partition coefficient (Wildman–Crippen LogP) is 5.37. The van der Waals surface area contributed by atoms with Crippen molar-refractivity contribution in [2.75, 3.05) is 50.9 Å². The van der Waals surface area contributed by atoms with Crippen LogP contribution in [0.25, 0.3) is 10.9 Å². The van der Waals surface area contributed by atoms with Gasteiger partial charge in [0.15, 0.2) is 0 Å². The first-order chi connectivity index (χ1) is 20.8. The number of alkyl halides is 1. The number of aliphatic hydroxyl groups excluding tert-OH is 1. The van der Waals surface area contributed by atoms with Crippen LogP contribution in [0.15, 0.2) is 6.20 Å². The molecule has 3 aliphatic heterocycles. The number of unbranched alkanes of at least 4 members (excludes halogenated alkanes) is 3. The van der Waals surface area contributed by atoms with Gasteiger partial charge in [-0.3, -0.25) is 0 Å². The van der Waals surface area contributed by atoms with Gasteiger partial charge in [-0.1, -0.05) is 0 Å². The van der Waals surface area contributed by atoms with Gasteiger partial charge in [0.25, 0.3) is 0 Å². The van der Waals surface area contributed by atoms with Crippen molar-refractivity contribution in [1.29, 1.82) is 0 Å². The Hall–Kier alpha value is -1.37. The number of aliphatic hydroxyl groups is 1. The molecular weight excluding hydrogens is 659 g/mol. The Labute approximate surface area is 259 Å². The van der Waals surface area contributed by atoms with E-state index < -0.39 is 30.7 Å². The summed E-state index contributed by atoms with van der Waals surface area (Å²) in [5, 5.41) is 11.1. The van der Waals surface area contributed by atoms with Crippen molar-refractivity contribution in [1.82, 2.24) is 19.9 Å². The van der Waals surface area contributed by atoms with Crippen molar-refractivity contribution in [2.45, 2.75) is 110 Å². The third kappa shape index (κ3) is 7.22. The fraction of sp³-hybridized carbons (Fsp3) is 0.781. The van der Waals surface area contributed by atoms with Gasteiger partial charge in [0.05, 0.1) is 0 Å². The summed E-state index contributed by atoms with van der Waals surface area (Å²) in [6.45, 7) is 9.68. The first-order valence-corrected chi connectivity index (χ1v) is 24.2. The van der Waals surface area contributed by atoms with Crippen molar-refractivity contribution in [3.05, 3.63) is 12.0 Å². The number of anilines is 1. The van der Waals surface area contributed by atoms with Crippen molar-refractivity contribution < 1.29 is 23.4 Å². The summed E-state index contributed by atoms with van der Waals surface area (Å²) in [5.74, 6) is 0.205. The van der Waals surface area contributed by atoms with Crippen LogP contribution < -0.4 is 13.3 Å². The van der Waals surface area contributed by atoms with E-state index in [0.717, 1.165) is 71.2 Å². The summed E-state index contributed by atoms with van der Waals surface area (Å²) in [5.41, 5.74) is -0.107. The van der Waals surface area contributed by atoms with E-state index in [-0.39, 0.29) is 36.1 Å². The number of nitrogens with zero attached hydrogens (tertiary/aromatic N) is 5. The number of rotatable bonds is 14. The van der Waals surface area contributed by atoms with Crippen LogP contribution in [-0.2, 0) is 4.74 Å². The van der Waals surface area contributed by atoms with Gasteiger partial charge in [-0.05, 0) is 0 Å². The molecule has 11 heteroatoms. The second kappa shape index (κ2) is 14.8. The number of fused-ring (bicyclic) bond motifs is 2. The molecule has 5 heterocycles. The molecule has 0 aliphatic carbocycles. The van der Waals surface area contributed by atoms with Gasteiger partial charge in [-0.2, -0.15) is 0 Å². The molecule has 240 valence electrons. The molecule has 0 bridgehead atoms. The number of ether oxygens (including phenoxy) is 2. The van der Waals surface area contributed by atoms with Crippen LogP contribution in [0.4, 0.5) is 14.6 Å². The quantitative estimate of drug-likeness (QED) is 0.262. The van der Waals surface area contributed by atoms with Crippen molar-refractivity contribution >= 4 is 38.8 Å². The van der Waals surface area contributed by atoms with Crippen LogP contribution in [0.2, 0.25) is 13.3 Å². The van der Waals surface area contributed by atoms with Crippen LogP contribution in [0.5, 0.6) is 6.01 Å². The Morgan fingerprint density at radius 1 is 1.07 bits per heavy atom. The minimum atomic E-state index is -3.24. The predicted molar refractivity (Wildman–Crippen MR) is 169 cm³/mol. The zero-order chi connectivity index (χ0) is 30.5. The summed E-state index contributed by atoms with van der Waals surface area (Å²) in [7, 11) is 0. The summed E-state index contributed by atoms with van der Waals surface area (Å²) < 4.78 is 47.4. The maximum absolute atomic E-state index is 17.0. The minimum absolute atomic E-state index is 0.109. The Bertz CT molecular complexity index is 1200. The van der Waals surface area contributed by atoms with E-state index in [0.29, 0.717) is 47.6 Å². The maximum atomic E-state index is 17.0. The molecule has 0 aromatic carbocycles. The number of hydrogen-bond donors (Lipinski definition) is 1. The van der Waals surface area contributed by atoms with E-state index in [9.17, 15) is 9.50 Å². The molecule has 0 amide bonds. The number of halogens is 2. The number of aromatic nitrogens is 3. The number of hydrogen-bond acceptors (Lipinski definition) is 8. The summed E-state index contributed by atoms with van der Waals surface area (Å²) >= 11 is -3.24. The molecule has 2 aromatic heterocycles. The molecule has 8 nitrogen and oxygen atoms in total. The Morgan fingerprint density at radius 2 is 1.79 bits per heavy atom. The monoisotopic (exact) mass is 711 g/mol. The third-order valence-electron chi connectivity index (χ3n) is 9.95. The van der Waals surface area contributed by atoms with Crippen molar-refractivity contribution in [2.24, 2.45) is 0 Å². The molecule has 0 saturated carbocycles. The van der Waals surface area contributed by atoms with Crippen molar-refractivity contribution in [3.63, 3.8) is 0 Å². The molecule has 5 rings (SSSR count). The van der Waals surface area contributed by atoms with E-state index >= 15 is 4.39 Å². The average Bonchev–Trinajstić information content (AvgIpc) is 3.44. The van der Waals surface area contributed by atoms with Crippen LogP contribution >= 0.6 is 0 Å². The van der Waals surface area contributed by atoms with E-state index in [2.05, 4.69) is 25.7 Å². The van der Waals surface area contributed by atoms with Gasteiger partial charge < -0.3 is 0 Å². The SMILES string of the molecule is CCC[CH2][Sn]([CH2]CCC)([CH2]CCC)[c]1ncc2c(N3CCOCC(O)C3)nc(OC[C@@]34CCCN3C[C@H](F)C4)nc2c1F. The molecule has 43 heavy (non-hydrogen) atoms. The number of β-amino-alcohol motifs (C(OH)–C–C–N with tert-alkyl or cyclic N) is 1.